The SMILES string of the molecule is C[Si](C)(OC/C(Br)=C\Br)OC/C(Br)=C\Br. The van der Waals surface area contributed by atoms with Crippen LogP contribution in [0.3, 0.4) is 0 Å². The van der Waals surface area contributed by atoms with Gasteiger partial charge in [-0.3, -0.25) is 0 Å². The highest BCUT2D eigenvalue weighted by Gasteiger charge is 2.24. The summed E-state index contributed by atoms with van der Waals surface area (Å²) in [4.78, 5) is 3.57. The fourth-order valence-corrected chi connectivity index (χ4v) is 2.60. The Morgan fingerprint density at radius 2 is 1.33 bits per heavy atom. The molecule has 0 spiro atoms. The van der Waals surface area contributed by atoms with E-state index in [9.17, 15) is 0 Å². The van der Waals surface area contributed by atoms with E-state index < -0.39 is 8.56 Å². The van der Waals surface area contributed by atoms with Crippen LogP contribution >= 0.6 is 63.7 Å². The maximum Gasteiger partial charge on any atom is 0.332 e. The summed E-state index contributed by atoms with van der Waals surface area (Å²) in [5, 5.41) is 0. The van der Waals surface area contributed by atoms with Crippen LogP contribution in [0.5, 0.6) is 0 Å². The van der Waals surface area contributed by atoms with Crippen LogP contribution in [0.25, 0.3) is 0 Å². The van der Waals surface area contributed by atoms with Crippen molar-refractivity contribution < 1.29 is 8.85 Å². The van der Waals surface area contributed by atoms with Crippen molar-refractivity contribution in [2.24, 2.45) is 0 Å². The minimum Gasteiger partial charge on any atom is -0.389 e. The molecule has 0 aliphatic rings. The Morgan fingerprint density at radius 1 is 1.00 bits per heavy atom. The van der Waals surface area contributed by atoms with Gasteiger partial charge in [-0.15, -0.1) is 0 Å². The molecule has 15 heavy (non-hydrogen) atoms. The van der Waals surface area contributed by atoms with Crippen molar-refractivity contribution in [1.82, 2.24) is 0 Å². The molecule has 0 aromatic heterocycles. The molecular weight excluding hydrogens is 476 g/mol. The highest BCUT2D eigenvalue weighted by molar-refractivity contribution is 9.14. The minimum absolute atomic E-state index is 0.528. The van der Waals surface area contributed by atoms with Gasteiger partial charge in [-0.1, -0.05) is 63.7 Å². The van der Waals surface area contributed by atoms with Crippen LogP contribution in [0.2, 0.25) is 13.1 Å². The van der Waals surface area contributed by atoms with Gasteiger partial charge < -0.3 is 8.85 Å². The van der Waals surface area contributed by atoms with Crippen LogP contribution < -0.4 is 0 Å². The van der Waals surface area contributed by atoms with Crippen LogP contribution in [-0.2, 0) is 8.85 Å². The van der Waals surface area contributed by atoms with E-state index in [1.165, 1.54) is 0 Å². The maximum atomic E-state index is 5.69. The summed E-state index contributed by atoms with van der Waals surface area (Å²) in [5.41, 5.74) is 0. The van der Waals surface area contributed by atoms with E-state index >= 15 is 0 Å². The second-order valence-corrected chi connectivity index (χ2v) is 9.42. The van der Waals surface area contributed by atoms with E-state index in [0.717, 1.165) is 8.96 Å². The first-order valence-corrected chi connectivity index (χ1v) is 10.3. The molecule has 0 aromatic carbocycles. The first-order chi connectivity index (χ1) is 6.91. The molecule has 0 bridgehead atoms. The lowest BCUT2D eigenvalue weighted by Gasteiger charge is -2.22. The highest BCUT2D eigenvalue weighted by atomic mass is 79.9. The largest absolute Gasteiger partial charge is 0.389 e. The fourth-order valence-electron chi connectivity index (χ4n) is 0.590. The summed E-state index contributed by atoms with van der Waals surface area (Å²) in [5.74, 6) is 0. The topological polar surface area (TPSA) is 18.5 Å². The zero-order valence-corrected chi connectivity index (χ0v) is 15.7. The summed E-state index contributed by atoms with van der Waals surface area (Å²) in [7, 11) is -2.04. The average Bonchev–Trinajstić information content (AvgIpc) is 2.22. The van der Waals surface area contributed by atoms with Crippen LogP contribution in [0.4, 0.5) is 0 Å². The number of rotatable bonds is 6. The maximum absolute atomic E-state index is 5.69. The van der Waals surface area contributed by atoms with Gasteiger partial charge in [0.05, 0.1) is 13.2 Å². The molecule has 0 saturated heterocycles. The van der Waals surface area contributed by atoms with Crippen LogP contribution in [-0.4, -0.2) is 21.8 Å². The molecule has 0 rings (SSSR count). The Labute approximate surface area is 125 Å². The molecule has 0 aliphatic heterocycles. The molecule has 88 valence electrons. The van der Waals surface area contributed by atoms with Crippen LogP contribution in [0.15, 0.2) is 18.9 Å². The summed E-state index contributed by atoms with van der Waals surface area (Å²) >= 11 is 13.1. The lowest BCUT2D eigenvalue weighted by molar-refractivity contribution is 0.212. The normalized spacial score (nSPS) is 14.5. The molecule has 0 aromatic rings. The van der Waals surface area contributed by atoms with E-state index in [1.54, 1.807) is 9.97 Å². The molecule has 0 N–H and O–H groups in total. The van der Waals surface area contributed by atoms with Crippen molar-refractivity contribution in [3.8, 4) is 0 Å². The Balaban J connectivity index is 3.97. The third-order valence-electron chi connectivity index (χ3n) is 1.35. The molecule has 2 nitrogen and oxygen atoms in total. The van der Waals surface area contributed by atoms with Gasteiger partial charge in [0.25, 0.3) is 0 Å². The molecule has 0 saturated carbocycles. The average molecular weight is 488 g/mol. The van der Waals surface area contributed by atoms with Gasteiger partial charge in [0, 0.05) is 8.96 Å². The molecule has 7 heteroatoms. The van der Waals surface area contributed by atoms with Gasteiger partial charge >= 0.3 is 8.56 Å². The first kappa shape index (κ1) is 16.5. The summed E-state index contributed by atoms with van der Waals surface area (Å²) in [6.45, 7) is 5.08. The molecule has 0 heterocycles. The van der Waals surface area contributed by atoms with Crippen molar-refractivity contribution in [1.29, 1.82) is 0 Å². The molecule has 0 radical (unpaired) electrons. The Kier molecular flexibility index (Phi) is 9.48. The molecule has 0 unspecified atom stereocenters. The number of hydrogen-bond donors (Lipinski definition) is 0. The van der Waals surface area contributed by atoms with Crippen LogP contribution in [0.1, 0.15) is 0 Å². The van der Waals surface area contributed by atoms with E-state index in [4.69, 9.17) is 8.85 Å². The first-order valence-electron chi connectivity index (χ1n) is 4.08. The van der Waals surface area contributed by atoms with E-state index in [1.807, 2.05) is 13.1 Å². The van der Waals surface area contributed by atoms with Gasteiger partial charge in [-0.2, -0.15) is 0 Å². The van der Waals surface area contributed by atoms with Crippen LogP contribution in [0, 0.1) is 0 Å². The summed E-state index contributed by atoms with van der Waals surface area (Å²) in [6, 6.07) is 0. The lowest BCUT2D eigenvalue weighted by atomic mass is 10.7. The van der Waals surface area contributed by atoms with E-state index in [0.29, 0.717) is 13.2 Å². The second-order valence-electron chi connectivity index (χ2n) is 3.09. The highest BCUT2D eigenvalue weighted by Crippen LogP contribution is 2.16. The second kappa shape index (κ2) is 8.60. The fraction of sp³-hybridized carbons (Fsp3) is 0.500. The van der Waals surface area contributed by atoms with E-state index in [2.05, 4.69) is 63.7 Å². The Morgan fingerprint density at radius 3 is 1.60 bits per heavy atom. The van der Waals surface area contributed by atoms with Gasteiger partial charge in [0.2, 0.25) is 0 Å². The van der Waals surface area contributed by atoms with Crippen molar-refractivity contribution in [3.63, 3.8) is 0 Å². The van der Waals surface area contributed by atoms with Crippen molar-refractivity contribution in [2.75, 3.05) is 13.2 Å². The predicted octanol–water partition coefficient (Wildman–Crippen LogP) is 4.98. The summed E-state index contributed by atoms with van der Waals surface area (Å²) < 4.78 is 13.3. The monoisotopic (exact) mass is 484 g/mol. The van der Waals surface area contributed by atoms with Gasteiger partial charge in [-0.05, 0) is 23.1 Å². The molecule has 0 fully saturated rings. The Hall–Kier alpha value is 1.54. The van der Waals surface area contributed by atoms with Crippen molar-refractivity contribution in [2.45, 2.75) is 13.1 Å². The van der Waals surface area contributed by atoms with Crippen molar-refractivity contribution in [3.05, 3.63) is 18.9 Å². The Bertz CT molecular complexity index is 229. The lowest BCUT2D eigenvalue weighted by Crippen LogP contribution is -2.35. The van der Waals surface area contributed by atoms with Gasteiger partial charge in [0.1, 0.15) is 0 Å². The van der Waals surface area contributed by atoms with Crippen molar-refractivity contribution >= 4 is 72.3 Å². The number of hydrogen-bond acceptors (Lipinski definition) is 2. The standard InChI is InChI=1S/C8H12Br4O2Si/c1-15(2,13-5-7(11)3-9)14-6-8(12)4-10/h3-4H,5-6H2,1-2H3/b7-3+,8-4+. The van der Waals surface area contributed by atoms with Gasteiger partial charge in [-0.25, -0.2) is 0 Å². The smallest absolute Gasteiger partial charge is 0.332 e. The zero-order valence-electron chi connectivity index (χ0n) is 8.40. The molecule has 0 aliphatic carbocycles. The molecular formula is C8H12Br4O2Si. The summed E-state index contributed by atoms with van der Waals surface area (Å²) in [6.07, 6.45) is 0. The zero-order chi connectivity index (χ0) is 11.9. The number of halogens is 4. The third kappa shape index (κ3) is 9.26. The molecule has 0 atom stereocenters. The molecule has 0 amide bonds. The third-order valence-corrected chi connectivity index (χ3v) is 6.28. The quantitative estimate of drug-likeness (QED) is 0.492. The van der Waals surface area contributed by atoms with E-state index in [-0.39, 0.29) is 0 Å². The van der Waals surface area contributed by atoms with Gasteiger partial charge in [0.15, 0.2) is 0 Å². The minimum atomic E-state index is -2.04. The predicted molar refractivity (Wildman–Crippen MR) is 81.3 cm³/mol.